The van der Waals surface area contributed by atoms with E-state index in [1.54, 1.807) is 0 Å². The smallest absolute Gasteiger partial charge is 0.277 e. The van der Waals surface area contributed by atoms with Crippen LogP contribution < -0.4 is 0 Å². The van der Waals surface area contributed by atoms with Crippen LogP contribution in [0, 0.1) is 0 Å². The molecule has 0 atom stereocenters. The molecule has 1 fully saturated rings. The third-order valence-electron chi connectivity index (χ3n) is 3.47. The Morgan fingerprint density at radius 2 is 2.05 bits per heavy atom. The summed E-state index contributed by atoms with van der Waals surface area (Å²) >= 11 is 1.48. The van der Waals surface area contributed by atoms with Crippen molar-refractivity contribution in [2.75, 3.05) is 0 Å². The molecule has 0 aliphatic heterocycles. The fourth-order valence-corrected chi connectivity index (χ4v) is 2.81. The highest BCUT2D eigenvalue weighted by molar-refractivity contribution is 7.98. The van der Waals surface area contributed by atoms with Crippen molar-refractivity contribution in [1.29, 1.82) is 0 Å². The Labute approximate surface area is 131 Å². The lowest BCUT2D eigenvalue weighted by molar-refractivity contribution is 0.420. The van der Waals surface area contributed by atoms with E-state index in [1.807, 2.05) is 30.3 Å². The highest BCUT2D eigenvalue weighted by Gasteiger charge is 2.27. The molecule has 1 N–H and O–H groups in total. The number of rotatable bonds is 6. The number of nitrogens with zero attached hydrogens (tertiary/aromatic N) is 4. The van der Waals surface area contributed by atoms with Crippen LogP contribution >= 0.6 is 11.8 Å². The largest absolute Gasteiger partial charge is 0.416 e. The molecule has 2 aromatic heterocycles. The summed E-state index contributed by atoms with van der Waals surface area (Å²) in [5.41, 5.74) is 1.16. The SMILES string of the molecule is c1ccc(Cc2nnc(SCc3nc(C4CC4)n[nH]3)o2)cc1. The molecule has 0 saturated heterocycles. The fraction of sp³-hybridized carbons (Fsp3) is 0.333. The maximum absolute atomic E-state index is 5.65. The number of nitrogens with one attached hydrogen (secondary N) is 1. The highest BCUT2D eigenvalue weighted by atomic mass is 32.2. The number of benzene rings is 1. The molecule has 1 aromatic carbocycles. The molecule has 3 aromatic rings. The second-order valence-corrected chi connectivity index (χ2v) is 6.25. The fourth-order valence-electron chi connectivity index (χ4n) is 2.17. The van der Waals surface area contributed by atoms with Gasteiger partial charge in [-0.3, -0.25) is 5.10 Å². The summed E-state index contributed by atoms with van der Waals surface area (Å²) in [6.45, 7) is 0. The molecular weight excluding hydrogens is 298 g/mol. The average Bonchev–Trinajstić information content (AvgIpc) is 3.12. The zero-order valence-corrected chi connectivity index (χ0v) is 12.7. The number of hydrogen-bond acceptors (Lipinski definition) is 6. The van der Waals surface area contributed by atoms with Gasteiger partial charge < -0.3 is 4.42 Å². The third-order valence-corrected chi connectivity index (χ3v) is 4.30. The molecule has 112 valence electrons. The minimum Gasteiger partial charge on any atom is -0.416 e. The van der Waals surface area contributed by atoms with E-state index in [-0.39, 0.29) is 0 Å². The van der Waals surface area contributed by atoms with E-state index in [1.165, 1.54) is 24.6 Å². The molecule has 0 unspecified atom stereocenters. The Morgan fingerprint density at radius 3 is 2.86 bits per heavy atom. The molecule has 1 aliphatic carbocycles. The van der Waals surface area contributed by atoms with Crippen molar-refractivity contribution in [3.05, 3.63) is 53.4 Å². The molecule has 0 amide bonds. The summed E-state index contributed by atoms with van der Waals surface area (Å²) in [6.07, 6.45) is 3.07. The number of aromatic nitrogens is 5. The molecule has 4 rings (SSSR count). The van der Waals surface area contributed by atoms with Crippen LogP contribution in [-0.2, 0) is 12.2 Å². The van der Waals surface area contributed by atoms with E-state index in [4.69, 9.17) is 4.42 Å². The normalized spacial score (nSPS) is 14.4. The summed E-state index contributed by atoms with van der Waals surface area (Å²) in [6, 6.07) is 10.1. The lowest BCUT2D eigenvalue weighted by Gasteiger charge is -1.95. The van der Waals surface area contributed by atoms with Gasteiger partial charge in [-0.2, -0.15) is 5.10 Å². The maximum Gasteiger partial charge on any atom is 0.277 e. The first-order chi connectivity index (χ1) is 10.9. The zero-order valence-electron chi connectivity index (χ0n) is 11.9. The Morgan fingerprint density at radius 1 is 1.18 bits per heavy atom. The van der Waals surface area contributed by atoms with Gasteiger partial charge in [0.25, 0.3) is 5.22 Å². The van der Waals surface area contributed by atoms with E-state index in [9.17, 15) is 0 Å². The minimum absolute atomic E-state index is 0.565. The quantitative estimate of drug-likeness (QED) is 0.705. The van der Waals surface area contributed by atoms with Gasteiger partial charge in [-0.15, -0.1) is 10.2 Å². The van der Waals surface area contributed by atoms with Gasteiger partial charge in [0.2, 0.25) is 5.89 Å². The molecule has 0 spiro atoms. The van der Waals surface area contributed by atoms with Crippen LogP contribution in [0.1, 0.15) is 41.9 Å². The average molecular weight is 313 g/mol. The van der Waals surface area contributed by atoms with Gasteiger partial charge in [0.05, 0.1) is 12.2 Å². The van der Waals surface area contributed by atoms with E-state index < -0.39 is 0 Å². The number of thioether (sulfide) groups is 1. The summed E-state index contributed by atoms with van der Waals surface area (Å²) < 4.78 is 5.65. The maximum atomic E-state index is 5.65. The van der Waals surface area contributed by atoms with Crippen LogP contribution in [0.4, 0.5) is 0 Å². The summed E-state index contributed by atoms with van der Waals surface area (Å²) in [4.78, 5) is 4.48. The standard InChI is InChI=1S/C15H15N5OS/c1-2-4-10(5-3-1)8-13-18-20-15(21-13)22-9-12-16-14(19-17-12)11-6-7-11/h1-5,11H,6-9H2,(H,16,17,19). The first-order valence-corrected chi connectivity index (χ1v) is 8.25. The van der Waals surface area contributed by atoms with Crippen LogP contribution in [0.2, 0.25) is 0 Å². The van der Waals surface area contributed by atoms with Crippen molar-refractivity contribution in [3.8, 4) is 0 Å². The lowest BCUT2D eigenvalue weighted by Crippen LogP contribution is -1.87. The topological polar surface area (TPSA) is 80.5 Å². The van der Waals surface area contributed by atoms with Crippen molar-refractivity contribution in [2.24, 2.45) is 0 Å². The van der Waals surface area contributed by atoms with Gasteiger partial charge in [0.15, 0.2) is 5.82 Å². The van der Waals surface area contributed by atoms with Crippen molar-refractivity contribution in [1.82, 2.24) is 25.4 Å². The van der Waals surface area contributed by atoms with E-state index in [2.05, 4.69) is 25.4 Å². The molecule has 2 heterocycles. The van der Waals surface area contributed by atoms with Gasteiger partial charge in [-0.05, 0) is 18.4 Å². The van der Waals surface area contributed by atoms with Crippen molar-refractivity contribution >= 4 is 11.8 Å². The van der Waals surface area contributed by atoms with Crippen LogP contribution in [0.25, 0.3) is 0 Å². The van der Waals surface area contributed by atoms with Crippen LogP contribution in [-0.4, -0.2) is 25.4 Å². The Kier molecular flexibility index (Phi) is 3.64. The monoisotopic (exact) mass is 313 g/mol. The first kappa shape index (κ1) is 13.5. The van der Waals surface area contributed by atoms with E-state index in [0.29, 0.717) is 29.2 Å². The Bertz CT molecular complexity index is 750. The Hall–Kier alpha value is -2.15. The molecule has 1 aliphatic rings. The van der Waals surface area contributed by atoms with E-state index in [0.717, 1.165) is 17.2 Å². The zero-order chi connectivity index (χ0) is 14.8. The highest BCUT2D eigenvalue weighted by Crippen LogP contribution is 2.38. The van der Waals surface area contributed by atoms with Crippen LogP contribution in [0.3, 0.4) is 0 Å². The minimum atomic E-state index is 0.565. The van der Waals surface area contributed by atoms with Gasteiger partial charge >= 0.3 is 0 Å². The lowest BCUT2D eigenvalue weighted by atomic mass is 10.2. The molecule has 22 heavy (non-hydrogen) atoms. The predicted molar refractivity (Wildman–Crippen MR) is 81.5 cm³/mol. The van der Waals surface area contributed by atoms with Crippen molar-refractivity contribution in [2.45, 2.75) is 36.2 Å². The third kappa shape index (κ3) is 3.19. The second-order valence-electron chi connectivity index (χ2n) is 5.33. The second kappa shape index (κ2) is 5.92. The summed E-state index contributed by atoms with van der Waals surface area (Å²) in [5.74, 6) is 3.65. The molecular formula is C15H15N5OS. The van der Waals surface area contributed by atoms with Gasteiger partial charge in [-0.25, -0.2) is 4.98 Å². The predicted octanol–water partition coefficient (Wildman–Crippen LogP) is 2.95. The number of aromatic amines is 1. The summed E-state index contributed by atoms with van der Waals surface area (Å²) in [7, 11) is 0. The van der Waals surface area contributed by atoms with Crippen LogP contribution in [0.15, 0.2) is 40.0 Å². The number of hydrogen-bond donors (Lipinski definition) is 1. The van der Waals surface area contributed by atoms with Crippen LogP contribution in [0.5, 0.6) is 0 Å². The summed E-state index contributed by atoms with van der Waals surface area (Å²) in [5, 5.41) is 15.9. The molecule has 7 heteroatoms. The number of H-pyrrole nitrogens is 1. The Balaban J connectivity index is 1.35. The van der Waals surface area contributed by atoms with Gasteiger partial charge in [0.1, 0.15) is 5.82 Å². The van der Waals surface area contributed by atoms with Crippen molar-refractivity contribution in [3.63, 3.8) is 0 Å². The molecule has 1 saturated carbocycles. The molecule has 6 nitrogen and oxygen atoms in total. The van der Waals surface area contributed by atoms with Crippen molar-refractivity contribution < 1.29 is 4.42 Å². The van der Waals surface area contributed by atoms with Gasteiger partial charge in [0, 0.05) is 5.92 Å². The van der Waals surface area contributed by atoms with E-state index >= 15 is 0 Å². The molecule has 0 bridgehead atoms. The molecule has 0 radical (unpaired) electrons. The first-order valence-electron chi connectivity index (χ1n) is 7.27. The van der Waals surface area contributed by atoms with Gasteiger partial charge in [-0.1, -0.05) is 42.1 Å².